The molecule has 3 saturated carbocycles. The van der Waals surface area contributed by atoms with E-state index in [4.69, 9.17) is 0 Å². The molecule has 0 unspecified atom stereocenters. The summed E-state index contributed by atoms with van der Waals surface area (Å²) < 4.78 is 0. The van der Waals surface area contributed by atoms with Crippen LogP contribution in [0.25, 0.3) is 33.4 Å². The minimum absolute atomic E-state index is 0.0359. The highest BCUT2D eigenvalue weighted by molar-refractivity contribution is 5.93. The zero-order chi connectivity index (χ0) is 52.0. The minimum atomic E-state index is -0.557. The van der Waals surface area contributed by atoms with Gasteiger partial charge in [-0.15, -0.1) is 0 Å². The Bertz CT molecular complexity index is 3190. The smallest absolute Gasteiger partial charge is 0.0714 e. The summed E-state index contributed by atoms with van der Waals surface area (Å²) in [5, 5.41) is 0. The van der Waals surface area contributed by atoms with E-state index in [1.807, 2.05) is 0 Å². The number of para-hydroxylation sites is 1. The lowest BCUT2D eigenvalue weighted by molar-refractivity contribution is 0.428. The zero-order valence-corrected chi connectivity index (χ0v) is 46.6. The Morgan fingerprint density at radius 2 is 0.829 bits per heavy atom. The van der Waals surface area contributed by atoms with Crippen molar-refractivity contribution in [3.05, 3.63) is 232 Å². The second kappa shape index (κ2) is 20.8. The molecule has 0 N–H and O–H groups in total. The zero-order valence-electron chi connectivity index (χ0n) is 46.6. The fraction of sp³-hybridized carbons (Fsp3) is 0.360. The number of hydrogen-bond donors (Lipinski definition) is 0. The SMILES string of the molecule is CC(C)(C)c1ccc(C2(c3ccc(C(C)(C)C)cc3)c3ccccc3-c3ccc(N(c4ccc(-c5c(C6CCCCC6)cc(C6CCCCC6)cc5C5CCCCC5)cc4)c4ccccc4-c4ccccc4)cc32)cc1. The first-order valence-corrected chi connectivity index (χ1v) is 29.7. The molecule has 1 nitrogen and oxygen atoms in total. The van der Waals surface area contributed by atoms with E-state index in [2.05, 4.69) is 228 Å². The van der Waals surface area contributed by atoms with E-state index >= 15 is 0 Å². The van der Waals surface area contributed by atoms with Gasteiger partial charge in [0.15, 0.2) is 0 Å². The quantitative estimate of drug-likeness (QED) is 0.132. The summed E-state index contributed by atoms with van der Waals surface area (Å²) in [6.45, 7) is 13.9. The maximum absolute atomic E-state index is 2.76. The van der Waals surface area contributed by atoms with Gasteiger partial charge in [-0.25, -0.2) is 0 Å². The summed E-state index contributed by atoms with van der Waals surface area (Å²) >= 11 is 0. The summed E-state index contributed by atoms with van der Waals surface area (Å²) in [5.74, 6) is 1.97. The van der Waals surface area contributed by atoms with Crippen molar-refractivity contribution >= 4 is 17.1 Å². The second-order valence-electron chi connectivity index (χ2n) is 25.5. The summed E-state index contributed by atoms with van der Waals surface area (Å²) in [5.41, 5.74) is 24.0. The summed E-state index contributed by atoms with van der Waals surface area (Å²) in [6, 6.07) is 71.5. The van der Waals surface area contributed by atoms with E-state index in [1.165, 1.54) is 169 Å². The van der Waals surface area contributed by atoms with Crippen LogP contribution in [0.2, 0.25) is 0 Å². The number of hydrogen-bond acceptors (Lipinski definition) is 1. The van der Waals surface area contributed by atoms with Crippen molar-refractivity contribution in [3.8, 4) is 33.4 Å². The molecule has 0 aromatic heterocycles. The van der Waals surface area contributed by atoms with Crippen LogP contribution in [0.1, 0.15) is 206 Å². The third-order valence-electron chi connectivity index (χ3n) is 18.7. The summed E-state index contributed by atoms with van der Waals surface area (Å²) in [7, 11) is 0. The molecule has 0 heterocycles. The molecule has 3 fully saturated rings. The molecule has 0 amide bonds. The van der Waals surface area contributed by atoms with E-state index in [1.54, 1.807) is 22.3 Å². The molecule has 8 aromatic carbocycles. The van der Waals surface area contributed by atoms with Gasteiger partial charge in [-0.1, -0.05) is 251 Å². The molecule has 386 valence electrons. The van der Waals surface area contributed by atoms with Crippen LogP contribution in [0.5, 0.6) is 0 Å². The molecule has 1 heteroatoms. The maximum atomic E-state index is 2.76. The minimum Gasteiger partial charge on any atom is -0.310 e. The van der Waals surface area contributed by atoms with Crippen LogP contribution in [-0.2, 0) is 16.2 Å². The summed E-state index contributed by atoms with van der Waals surface area (Å²) in [4.78, 5) is 2.57. The standard InChI is InChI=1S/C75H81N/c1-73(2,3)58-37-41-60(42-38-58)75(61-43-39-59(40-44-61)74(4,5)6)69-33-21-19-32-65(69)66-48-47-63(51-70(66)75)76(71-34-22-20-31-64(71)53-25-13-8-14-26-53)62-45-35-56(36-46-62)72-67(54-27-15-9-16-28-54)49-57(52-23-11-7-12-24-52)50-68(72)55-29-17-10-18-30-55/h8,13-14,19-22,25-26,31-52,54-55H,7,9-12,15-18,23-24,27-30H2,1-6H3. The normalized spacial score (nSPS) is 17.3. The van der Waals surface area contributed by atoms with Gasteiger partial charge in [0.2, 0.25) is 0 Å². The largest absolute Gasteiger partial charge is 0.310 e. The van der Waals surface area contributed by atoms with Crippen molar-refractivity contribution in [2.45, 2.75) is 172 Å². The average Bonchev–Trinajstić information content (AvgIpc) is 3.80. The molecule has 0 atom stereocenters. The first-order valence-electron chi connectivity index (χ1n) is 29.7. The molecule has 0 bridgehead atoms. The first-order chi connectivity index (χ1) is 37.0. The second-order valence-corrected chi connectivity index (χ2v) is 25.5. The highest BCUT2D eigenvalue weighted by Crippen LogP contribution is 2.58. The van der Waals surface area contributed by atoms with Crippen LogP contribution in [0, 0.1) is 0 Å². The molecule has 0 spiro atoms. The topological polar surface area (TPSA) is 3.24 Å². The van der Waals surface area contributed by atoms with Crippen LogP contribution in [0.15, 0.2) is 182 Å². The fourth-order valence-corrected chi connectivity index (χ4v) is 14.6. The highest BCUT2D eigenvalue weighted by atomic mass is 15.1. The van der Waals surface area contributed by atoms with Gasteiger partial charge in [0.05, 0.1) is 11.1 Å². The van der Waals surface area contributed by atoms with Crippen molar-refractivity contribution < 1.29 is 0 Å². The Balaban J connectivity index is 1.07. The van der Waals surface area contributed by atoms with Crippen LogP contribution in [-0.4, -0.2) is 0 Å². The molecule has 8 aromatic rings. The van der Waals surface area contributed by atoms with E-state index in [0.717, 1.165) is 5.69 Å². The van der Waals surface area contributed by atoms with Crippen LogP contribution in [0.4, 0.5) is 17.1 Å². The Hall–Kier alpha value is -6.44. The van der Waals surface area contributed by atoms with E-state index in [-0.39, 0.29) is 10.8 Å². The first kappa shape index (κ1) is 50.4. The molecule has 76 heavy (non-hydrogen) atoms. The van der Waals surface area contributed by atoms with Gasteiger partial charge in [-0.3, -0.25) is 0 Å². The van der Waals surface area contributed by atoms with Gasteiger partial charge in [-0.2, -0.15) is 0 Å². The molecule has 0 radical (unpaired) electrons. The maximum Gasteiger partial charge on any atom is 0.0714 e. The van der Waals surface area contributed by atoms with Crippen molar-refractivity contribution in [1.82, 2.24) is 0 Å². The number of fused-ring (bicyclic) bond motifs is 3. The monoisotopic (exact) mass is 996 g/mol. The lowest BCUT2D eigenvalue weighted by Crippen LogP contribution is -2.29. The Kier molecular flexibility index (Phi) is 13.8. The fourth-order valence-electron chi connectivity index (χ4n) is 14.6. The summed E-state index contributed by atoms with van der Waals surface area (Å²) in [6.07, 6.45) is 20.3. The van der Waals surface area contributed by atoms with Crippen molar-refractivity contribution in [1.29, 1.82) is 0 Å². The number of anilines is 3. The number of benzene rings is 8. The van der Waals surface area contributed by atoms with Gasteiger partial charge in [0.1, 0.15) is 0 Å². The van der Waals surface area contributed by atoms with Gasteiger partial charge in [-0.05, 0) is 175 Å². The van der Waals surface area contributed by atoms with Crippen molar-refractivity contribution in [3.63, 3.8) is 0 Å². The number of rotatable bonds is 10. The van der Waals surface area contributed by atoms with E-state index in [0.29, 0.717) is 17.8 Å². The molecule has 12 rings (SSSR count). The lowest BCUT2D eigenvalue weighted by Gasteiger charge is -2.36. The molecule has 0 aliphatic heterocycles. The Labute approximate surface area is 456 Å². The van der Waals surface area contributed by atoms with Gasteiger partial charge < -0.3 is 4.90 Å². The third kappa shape index (κ3) is 9.39. The average molecular weight is 996 g/mol. The lowest BCUT2D eigenvalue weighted by atomic mass is 9.67. The third-order valence-corrected chi connectivity index (χ3v) is 18.7. The molecular weight excluding hydrogens is 915 g/mol. The van der Waals surface area contributed by atoms with E-state index in [9.17, 15) is 0 Å². The predicted molar refractivity (Wildman–Crippen MR) is 324 cm³/mol. The Morgan fingerprint density at radius 3 is 1.37 bits per heavy atom. The van der Waals surface area contributed by atoms with Crippen molar-refractivity contribution in [2.24, 2.45) is 0 Å². The van der Waals surface area contributed by atoms with Gasteiger partial charge >= 0.3 is 0 Å². The number of nitrogens with zero attached hydrogens (tertiary/aromatic N) is 1. The molecule has 0 saturated heterocycles. The van der Waals surface area contributed by atoms with Crippen LogP contribution in [0.3, 0.4) is 0 Å². The molecule has 4 aliphatic rings. The van der Waals surface area contributed by atoms with Crippen molar-refractivity contribution in [2.75, 3.05) is 4.90 Å². The van der Waals surface area contributed by atoms with Crippen LogP contribution < -0.4 is 4.90 Å². The van der Waals surface area contributed by atoms with Crippen LogP contribution >= 0.6 is 0 Å². The predicted octanol–water partition coefficient (Wildman–Crippen LogP) is 21.6. The van der Waals surface area contributed by atoms with E-state index < -0.39 is 5.41 Å². The van der Waals surface area contributed by atoms with Gasteiger partial charge in [0, 0.05) is 16.9 Å². The highest BCUT2D eigenvalue weighted by Gasteiger charge is 2.47. The molecule has 4 aliphatic carbocycles. The van der Waals surface area contributed by atoms with Gasteiger partial charge in [0.25, 0.3) is 0 Å². The molecular formula is C75H81N. The Morgan fingerprint density at radius 1 is 0.368 bits per heavy atom.